The van der Waals surface area contributed by atoms with E-state index in [1.54, 1.807) is 17.0 Å². The molecule has 1 unspecified atom stereocenters. The van der Waals surface area contributed by atoms with E-state index in [1.165, 1.54) is 12.1 Å². The summed E-state index contributed by atoms with van der Waals surface area (Å²) in [7, 11) is 0. The number of amides is 1. The van der Waals surface area contributed by atoms with Crippen LogP contribution in [0.1, 0.15) is 42.5 Å². The minimum atomic E-state index is -0.687. The molecule has 2 aromatic rings. The summed E-state index contributed by atoms with van der Waals surface area (Å²) in [5, 5.41) is 10.1. The third kappa shape index (κ3) is 4.44. The van der Waals surface area contributed by atoms with Crippen molar-refractivity contribution in [3.8, 4) is 0 Å². The second-order valence-electron chi connectivity index (χ2n) is 6.25. The lowest BCUT2D eigenvalue weighted by Crippen LogP contribution is -2.31. The number of halogens is 1. The summed E-state index contributed by atoms with van der Waals surface area (Å²) in [6, 6.07) is 15.6. The van der Waals surface area contributed by atoms with E-state index < -0.39 is 6.10 Å². The third-order valence-electron chi connectivity index (χ3n) is 4.51. The van der Waals surface area contributed by atoms with E-state index in [0.717, 1.165) is 5.56 Å². The molecule has 0 aromatic heterocycles. The largest absolute Gasteiger partial charge is 0.388 e. The standard InChI is InChI=1S/C20H22FNO3/c21-17-11-9-16(10-12-17)19(23)7-4-8-20(24)22-14-25-13-18(22)15-5-2-1-3-6-15/h1-3,5-6,9-12,18-19,23H,4,7-8,13-14H2/t18-,19?/m1/s1. The maximum Gasteiger partial charge on any atom is 0.224 e. The van der Waals surface area contributed by atoms with Gasteiger partial charge in [0.25, 0.3) is 0 Å². The molecule has 1 aliphatic heterocycles. The monoisotopic (exact) mass is 343 g/mol. The van der Waals surface area contributed by atoms with Gasteiger partial charge in [-0.3, -0.25) is 4.79 Å². The molecule has 0 radical (unpaired) electrons. The molecule has 132 valence electrons. The van der Waals surface area contributed by atoms with E-state index in [2.05, 4.69) is 0 Å². The van der Waals surface area contributed by atoms with E-state index in [0.29, 0.717) is 38.2 Å². The van der Waals surface area contributed by atoms with Gasteiger partial charge < -0.3 is 14.7 Å². The smallest absolute Gasteiger partial charge is 0.224 e. The zero-order valence-electron chi connectivity index (χ0n) is 14.0. The number of aliphatic hydroxyl groups is 1. The van der Waals surface area contributed by atoms with Gasteiger partial charge >= 0.3 is 0 Å². The molecule has 1 amide bonds. The first-order valence-electron chi connectivity index (χ1n) is 8.51. The van der Waals surface area contributed by atoms with Crippen LogP contribution >= 0.6 is 0 Å². The normalized spacial score (nSPS) is 18.3. The van der Waals surface area contributed by atoms with Crippen LogP contribution in [0.4, 0.5) is 4.39 Å². The van der Waals surface area contributed by atoms with Gasteiger partial charge in [-0.15, -0.1) is 0 Å². The number of rotatable bonds is 6. The van der Waals surface area contributed by atoms with Crippen molar-refractivity contribution in [2.24, 2.45) is 0 Å². The highest BCUT2D eigenvalue weighted by atomic mass is 19.1. The molecule has 1 aliphatic rings. The lowest BCUT2D eigenvalue weighted by molar-refractivity contribution is -0.133. The quantitative estimate of drug-likeness (QED) is 0.872. The van der Waals surface area contributed by atoms with Crippen LogP contribution in [0, 0.1) is 5.82 Å². The molecule has 1 N–H and O–H groups in total. The van der Waals surface area contributed by atoms with Gasteiger partial charge in [-0.25, -0.2) is 4.39 Å². The van der Waals surface area contributed by atoms with Gasteiger partial charge in [-0.1, -0.05) is 42.5 Å². The first-order valence-corrected chi connectivity index (χ1v) is 8.51. The van der Waals surface area contributed by atoms with E-state index in [9.17, 15) is 14.3 Å². The van der Waals surface area contributed by atoms with Crippen LogP contribution in [0.25, 0.3) is 0 Å². The number of benzene rings is 2. The Morgan fingerprint density at radius 3 is 2.64 bits per heavy atom. The van der Waals surface area contributed by atoms with Gasteiger partial charge in [-0.2, -0.15) is 0 Å². The molecule has 5 heteroatoms. The Bertz CT molecular complexity index is 690. The maximum absolute atomic E-state index is 12.9. The van der Waals surface area contributed by atoms with Gasteiger partial charge in [0.15, 0.2) is 0 Å². The van der Waals surface area contributed by atoms with Crippen molar-refractivity contribution in [3.05, 3.63) is 71.5 Å². The van der Waals surface area contributed by atoms with E-state index >= 15 is 0 Å². The van der Waals surface area contributed by atoms with E-state index in [1.807, 2.05) is 30.3 Å². The number of carbonyl (C=O) groups is 1. The Morgan fingerprint density at radius 1 is 1.20 bits per heavy atom. The lowest BCUT2D eigenvalue weighted by atomic mass is 10.0. The van der Waals surface area contributed by atoms with Gasteiger partial charge in [-0.05, 0) is 36.1 Å². The predicted molar refractivity (Wildman–Crippen MR) is 92.1 cm³/mol. The number of hydrogen-bond acceptors (Lipinski definition) is 3. The average molecular weight is 343 g/mol. The van der Waals surface area contributed by atoms with Gasteiger partial charge in [0.05, 0.1) is 18.8 Å². The van der Waals surface area contributed by atoms with Crippen LogP contribution < -0.4 is 0 Å². The molecule has 2 atom stereocenters. The molecular formula is C20H22FNO3. The number of carbonyl (C=O) groups excluding carboxylic acids is 1. The van der Waals surface area contributed by atoms with Crippen molar-refractivity contribution in [1.82, 2.24) is 4.90 Å². The third-order valence-corrected chi connectivity index (χ3v) is 4.51. The topological polar surface area (TPSA) is 49.8 Å². The fourth-order valence-electron chi connectivity index (χ4n) is 3.08. The summed E-state index contributed by atoms with van der Waals surface area (Å²) < 4.78 is 18.4. The predicted octanol–water partition coefficient (Wildman–Crippen LogP) is 3.59. The van der Waals surface area contributed by atoms with Crippen LogP contribution in [-0.2, 0) is 9.53 Å². The van der Waals surface area contributed by atoms with Crippen molar-refractivity contribution in [2.75, 3.05) is 13.3 Å². The van der Waals surface area contributed by atoms with Crippen LogP contribution in [0.3, 0.4) is 0 Å². The second kappa shape index (κ2) is 8.23. The Balaban J connectivity index is 1.51. The molecule has 1 fully saturated rings. The van der Waals surface area contributed by atoms with Gasteiger partial charge in [0.1, 0.15) is 12.5 Å². The molecular weight excluding hydrogens is 321 g/mol. The fraction of sp³-hybridized carbons (Fsp3) is 0.350. The molecule has 0 saturated carbocycles. The van der Waals surface area contributed by atoms with Gasteiger partial charge in [0.2, 0.25) is 5.91 Å². The zero-order valence-corrected chi connectivity index (χ0v) is 14.0. The highest BCUT2D eigenvalue weighted by Gasteiger charge is 2.30. The molecule has 0 bridgehead atoms. The molecule has 2 aromatic carbocycles. The number of ether oxygens (including phenoxy) is 1. The fourth-order valence-corrected chi connectivity index (χ4v) is 3.08. The van der Waals surface area contributed by atoms with Crippen LogP contribution in [0.15, 0.2) is 54.6 Å². The van der Waals surface area contributed by atoms with E-state index in [-0.39, 0.29) is 17.8 Å². The summed E-state index contributed by atoms with van der Waals surface area (Å²) in [4.78, 5) is 14.3. The molecule has 0 spiro atoms. The Kier molecular flexibility index (Phi) is 5.79. The summed E-state index contributed by atoms with van der Waals surface area (Å²) >= 11 is 0. The molecule has 0 aliphatic carbocycles. The summed E-state index contributed by atoms with van der Waals surface area (Å²) in [6.45, 7) is 0.812. The van der Waals surface area contributed by atoms with Crippen molar-refractivity contribution in [2.45, 2.75) is 31.4 Å². The maximum atomic E-state index is 12.9. The Hall–Kier alpha value is -2.24. The Labute approximate surface area is 146 Å². The van der Waals surface area contributed by atoms with Crippen molar-refractivity contribution in [3.63, 3.8) is 0 Å². The van der Waals surface area contributed by atoms with Gasteiger partial charge in [0, 0.05) is 6.42 Å². The number of aliphatic hydroxyl groups excluding tert-OH is 1. The van der Waals surface area contributed by atoms with Crippen LogP contribution in [0.5, 0.6) is 0 Å². The molecule has 1 heterocycles. The van der Waals surface area contributed by atoms with Crippen LogP contribution in [-0.4, -0.2) is 29.3 Å². The minimum Gasteiger partial charge on any atom is -0.388 e. The van der Waals surface area contributed by atoms with Crippen molar-refractivity contribution >= 4 is 5.91 Å². The SMILES string of the molecule is O=C(CCCC(O)c1ccc(F)cc1)N1COC[C@@H]1c1ccccc1. The van der Waals surface area contributed by atoms with E-state index in [4.69, 9.17) is 4.74 Å². The molecule has 25 heavy (non-hydrogen) atoms. The minimum absolute atomic E-state index is 0.0256. The summed E-state index contributed by atoms with van der Waals surface area (Å²) in [5.74, 6) is -0.301. The summed E-state index contributed by atoms with van der Waals surface area (Å²) in [6.07, 6.45) is 0.690. The molecule has 1 saturated heterocycles. The molecule has 3 rings (SSSR count). The number of hydrogen-bond donors (Lipinski definition) is 1. The summed E-state index contributed by atoms with van der Waals surface area (Å²) in [5.41, 5.74) is 1.74. The Morgan fingerprint density at radius 2 is 1.92 bits per heavy atom. The highest BCUT2D eigenvalue weighted by Crippen LogP contribution is 2.27. The average Bonchev–Trinajstić information content (AvgIpc) is 3.13. The second-order valence-corrected chi connectivity index (χ2v) is 6.25. The lowest BCUT2D eigenvalue weighted by Gasteiger charge is -2.23. The number of nitrogens with zero attached hydrogens (tertiary/aromatic N) is 1. The first kappa shape index (κ1) is 17.6. The first-order chi connectivity index (χ1) is 12.1. The molecule has 4 nitrogen and oxygen atoms in total. The van der Waals surface area contributed by atoms with Crippen molar-refractivity contribution in [1.29, 1.82) is 0 Å². The zero-order chi connectivity index (χ0) is 17.6. The van der Waals surface area contributed by atoms with Crippen molar-refractivity contribution < 1.29 is 19.0 Å². The van der Waals surface area contributed by atoms with Crippen LogP contribution in [0.2, 0.25) is 0 Å². The highest BCUT2D eigenvalue weighted by molar-refractivity contribution is 5.76.